The van der Waals surface area contributed by atoms with E-state index in [-0.39, 0.29) is 46.3 Å². The Morgan fingerprint density at radius 3 is 2.32 bits per heavy atom. The standard InChI is InChI=1S/C37H36Cl2FN3O7/c1-48-32-10-9-23(15-33(32)49-2)28(17-29-30(38)19-42(47)20-31(29)39)35-24(5-3-8-27(35)36(44)45)18-43(26-7-4-6-25(40)16-26)37(46)50-34-21-41-13-11-22(34)12-14-41/h3-10,15-16,19-20,22,28,34H,11-14,17-18,21H2,1-2H3,(H-,44,45,47)/p+1/t28-,34-/m0/s1. The highest BCUT2D eigenvalue weighted by atomic mass is 35.5. The molecule has 0 saturated carbocycles. The first-order valence-electron chi connectivity index (χ1n) is 16.2. The number of halogens is 3. The summed E-state index contributed by atoms with van der Waals surface area (Å²) in [5, 5.41) is 20.9. The second-order valence-electron chi connectivity index (χ2n) is 12.5. The monoisotopic (exact) mass is 724 g/mol. The van der Waals surface area contributed by atoms with Gasteiger partial charge in [0.25, 0.3) is 0 Å². The minimum absolute atomic E-state index is 0.0207. The number of amides is 1. The molecule has 262 valence electrons. The van der Waals surface area contributed by atoms with E-state index in [1.54, 1.807) is 36.4 Å². The zero-order chi connectivity index (χ0) is 35.5. The van der Waals surface area contributed by atoms with Crippen molar-refractivity contribution in [2.75, 3.05) is 38.8 Å². The summed E-state index contributed by atoms with van der Waals surface area (Å²) in [6.45, 7) is 2.41. The molecule has 3 saturated heterocycles. The molecular formula is C37H37Cl2FN3O7+. The van der Waals surface area contributed by atoms with Crippen molar-refractivity contribution in [2.45, 2.75) is 37.8 Å². The molecule has 2 bridgehead atoms. The first-order chi connectivity index (χ1) is 24.1. The fourth-order valence-electron chi connectivity index (χ4n) is 7.06. The number of pyridine rings is 1. The summed E-state index contributed by atoms with van der Waals surface area (Å²) in [5.74, 6) is -1.36. The Morgan fingerprint density at radius 2 is 1.70 bits per heavy atom. The minimum Gasteiger partial charge on any atom is -0.493 e. The lowest BCUT2D eigenvalue weighted by Gasteiger charge is -2.44. The molecule has 10 nitrogen and oxygen atoms in total. The lowest BCUT2D eigenvalue weighted by atomic mass is 9.80. The highest BCUT2D eigenvalue weighted by Gasteiger charge is 2.38. The molecular weight excluding hydrogens is 688 g/mol. The predicted octanol–water partition coefficient (Wildman–Crippen LogP) is 6.98. The summed E-state index contributed by atoms with van der Waals surface area (Å²) in [6, 6.07) is 15.7. The summed E-state index contributed by atoms with van der Waals surface area (Å²) in [4.78, 5) is 30.6. The summed E-state index contributed by atoms with van der Waals surface area (Å²) >= 11 is 13.2. The number of rotatable bonds is 11. The van der Waals surface area contributed by atoms with E-state index in [0.29, 0.717) is 40.3 Å². The quantitative estimate of drug-likeness (QED) is 0.126. The van der Waals surface area contributed by atoms with Crippen LogP contribution in [0.3, 0.4) is 0 Å². The van der Waals surface area contributed by atoms with Crippen LogP contribution in [0.5, 0.6) is 11.5 Å². The SMILES string of the molecule is COc1ccc([C@H](Cc2c(Cl)c[n+](O)cc2Cl)c2c(CN(C(=O)O[C@H]3CN4CCC3CC4)c3cccc(F)c3)cccc2C(=O)O)cc1OC. The molecule has 0 radical (unpaired) electrons. The maximum absolute atomic E-state index is 14.7. The smallest absolute Gasteiger partial charge is 0.414 e. The number of aromatic carboxylic acids is 1. The fourth-order valence-corrected chi connectivity index (χ4v) is 7.66. The number of fused-ring (bicyclic) bond motifs is 3. The molecule has 0 unspecified atom stereocenters. The van der Waals surface area contributed by atoms with Crippen molar-refractivity contribution in [3.8, 4) is 11.5 Å². The number of carbonyl (C=O) groups excluding carboxylic acids is 1. The molecule has 2 N–H and O–H groups in total. The van der Waals surface area contributed by atoms with Gasteiger partial charge in [-0.05, 0) is 91.4 Å². The Bertz CT molecular complexity index is 1880. The number of carboxylic acids is 1. The molecule has 3 aromatic carbocycles. The van der Waals surface area contributed by atoms with Crippen LogP contribution in [0.2, 0.25) is 10.0 Å². The third kappa shape index (κ3) is 7.45. The number of hydrogen-bond acceptors (Lipinski definition) is 7. The zero-order valence-corrected chi connectivity index (χ0v) is 29.0. The highest BCUT2D eigenvalue weighted by molar-refractivity contribution is 6.35. The van der Waals surface area contributed by atoms with E-state index in [2.05, 4.69) is 4.90 Å². The maximum atomic E-state index is 14.7. The zero-order valence-electron chi connectivity index (χ0n) is 27.5. The molecule has 4 heterocycles. The van der Waals surface area contributed by atoms with Crippen LogP contribution in [0.15, 0.2) is 73.1 Å². The van der Waals surface area contributed by atoms with Crippen LogP contribution >= 0.6 is 23.2 Å². The first kappa shape index (κ1) is 35.3. The second-order valence-corrected chi connectivity index (χ2v) is 13.3. The number of piperidine rings is 3. The molecule has 1 aromatic heterocycles. The number of methoxy groups -OCH3 is 2. The van der Waals surface area contributed by atoms with Crippen molar-refractivity contribution in [1.29, 1.82) is 0 Å². The van der Waals surface area contributed by atoms with Gasteiger partial charge < -0.3 is 19.3 Å². The van der Waals surface area contributed by atoms with Gasteiger partial charge in [0, 0.05) is 22.8 Å². The van der Waals surface area contributed by atoms with Gasteiger partial charge in [0.2, 0.25) is 12.4 Å². The van der Waals surface area contributed by atoms with Gasteiger partial charge in [-0.1, -0.05) is 47.5 Å². The van der Waals surface area contributed by atoms with Crippen LogP contribution in [-0.2, 0) is 17.7 Å². The number of ether oxygens (including phenoxy) is 3. The molecule has 4 aromatic rings. The van der Waals surface area contributed by atoms with Gasteiger partial charge >= 0.3 is 12.1 Å². The van der Waals surface area contributed by atoms with E-state index >= 15 is 0 Å². The van der Waals surface area contributed by atoms with Crippen molar-refractivity contribution in [1.82, 2.24) is 4.90 Å². The van der Waals surface area contributed by atoms with Crippen molar-refractivity contribution in [3.63, 3.8) is 0 Å². The molecule has 3 aliphatic heterocycles. The molecule has 3 fully saturated rings. The minimum atomic E-state index is -1.20. The predicted molar refractivity (Wildman–Crippen MR) is 184 cm³/mol. The van der Waals surface area contributed by atoms with Crippen molar-refractivity contribution >= 4 is 41.0 Å². The van der Waals surface area contributed by atoms with Gasteiger partial charge in [0.1, 0.15) is 22.0 Å². The molecule has 0 spiro atoms. The number of aromatic nitrogens is 1. The van der Waals surface area contributed by atoms with Gasteiger partial charge in [-0.3, -0.25) is 15.0 Å². The maximum Gasteiger partial charge on any atom is 0.414 e. The van der Waals surface area contributed by atoms with Gasteiger partial charge in [-0.15, -0.1) is 0 Å². The summed E-state index contributed by atoms with van der Waals surface area (Å²) in [5.41, 5.74) is 2.17. The molecule has 3 aliphatic rings. The van der Waals surface area contributed by atoms with E-state index < -0.39 is 23.8 Å². The van der Waals surface area contributed by atoms with Crippen LogP contribution in [0, 0.1) is 11.7 Å². The van der Waals surface area contributed by atoms with Gasteiger partial charge in [0.15, 0.2) is 11.5 Å². The largest absolute Gasteiger partial charge is 0.493 e. The summed E-state index contributed by atoms with van der Waals surface area (Å²) < 4.78 is 32.6. The van der Waals surface area contributed by atoms with Crippen LogP contribution < -0.4 is 19.1 Å². The number of benzene rings is 3. The summed E-state index contributed by atoms with van der Waals surface area (Å²) in [6.07, 6.45) is 3.54. The topological polar surface area (TPSA) is 113 Å². The van der Waals surface area contributed by atoms with Crippen molar-refractivity contribution in [3.05, 3.63) is 117 Å². The fraction of sp³-hybridized carbons (Fsp3) is 0.324. The molecule has 13 heteroatoms. The van der Waals surface area contributed by atoms with E-state index in [1.165, 1.54) is 55.8 Å². The molecule has 0 aliphatic carbocycles. The van der Waals surface area contributed by atoms with Crippen LogP contribution in [0.4, 0.5) is 14.9 Å². The second kappa shape index (κ2) is 15.1. The van der Waals surface area contributed by atoms with Crippen LogP contribution in [0.25, 0.3) is 0 Å². The number of carbonyl (C=O) groups is 2. The molecule has 2 atom stereocenters. The van der Waals surface area contributed by atoms with E-state index in [4.69, 9.17) is 37.4 Å². The van der Waals surface area contributed by atoms with Crippen LogP contribution in [0.1, 0.15) is 51.4 Å². The van der Waals surface area contributed by atoms with E-state index in [9.17, 15) is 24.3 Å². The first-order valence-corrected chi connectivity index (χ1v) is 16.9. The average molecular weight is 726 g/mol. The molecule has 50 heavy (non-hydrogen) atoms. The Labute approximate surface area is 299 Å². The normalized spacial score (nSPS) is 18.7. The van der Waals surface area contributed by atoms with Crippen molar-refractivity contribution in [2.24, 2.45) is 5.92 Å². The number of nitrogens with zero attached hydrogens (tertiary/aromatic N) is 3. The van der Waals surface area contributed by atoms with Crippen molar-refractivity contribution < 1.29 is 43.2 Å². The Kier molecular flexibility index (Phi) is 10.7. The molecule has 1 amide bonds. The third-order valence-electron chi connectivity index (χ3n) is 9.58. The summed E-state index contributed by atoms with van der Waals surface area (Å²) in [7, 11) is 3.01. The van der Waals surface area contributed by atoms with Crippen LogP contribution in [-0.4, -0.2) is 67.2 Å². The van der Waals surface area contributed by atoms with E-state index in [1.807, 2.05) is 0 Å². The third-order valence-corrected chi connectivity index (χ3v) is 10.2. The van der Waals surface area contributed by atoms with Gasteiger partial charge in [-0.25, -0.2) is 14.0 Å². The lowest BCUT2D eigenvalue weighted by molar-refractivity contribution is -0.904. The lowest BCUT2D eigenvalue weighted by Crippen LogP contribution is -2.53. The number of hydrogen-bond donors (Lipinski definition) is 2. The number of carboxylic acid groups (broad SMARTS) is 1. The average Bonchev–Trinajstić information content (AvgIpc) is 3.10. The van der Waals surface area contributed by atoms with Gasteiger partial charge in [0.05, 0.1) is 32.0 Å². The Hall–Kier alpha value is -4.58. The Morgan fingerprint density at radius 1 is 1.00 bits per heavy atom. The highest BCUT2D eigenvalue weighted by Crippen LogP contribution is 2.41. The molecule has 7 rings (SSSR count). The Balaban J connectivity index is 1.49. The number of anilines is 1. The van der Waals surface area contributed by atoms with Gasteiger partial charge in [-0.2, -0.15) is 0 Å². The van der Waals surface area contributed by atoms with E-state index in [0.717, 1.165) is 30.7 Å².